The van der Waals surface area contributed by atoms with Crippen molar-refractivity contribution >= 4 is 43.6 Å². The lowest BCUT2D eigenvalue weighted by Gasteiger charge is -2.11. The minimum atomic E-state index is -0.413. The van der Waals surface area contributed by atoms with Crippen LogP contribution in [0.3, 0.4) is 0 Å². The largest absolute Gasteiger partial charge is 0.348 e. The molecule has 2 aromatic carbocycles. The lowest BCUT2D eigenvalue weighted by Crippen LogP contribution is -2.30. The summed E-state index contributed by atoms with van der Waals surface area (Å²) in [7, 11) is 1.71. The predicted molar refractivity (Wildman–Crippen MR) is 113 cm³/mol. The van der Waals surface area contributed by atoms with Crippen molar-refractivity contribution in [2.75, 3.05) is 0 Å². The molecule has 2 N–H and O–H groups in total. The molecule has 0 aliphatic carbocycles. The van der Waals surface area contributed by atoms with E-state index in [4.69, 9.17) is 0 Å². The molecule has 28 heavy (non-hydrogen) atoms. The normalized spacial score (nSPS) is 11.1. The molecule has 1 amide bonds. The number of para-hydroxylation sites is 2. The van der Waals surface area contributed by atoms with E-state index in [-0.39, 0.29) is 23.2 Å². The van der Waals surface area contributed by atoms with E-state index in [0.29, 0.717) is 20.9 Å². The second kappa shape index (κ2) is 7.09. The Balaban J connectivity index is 1.70. The van der Waals surface area contributed by atoms with Crippen molar-refractivity contribution in [2.45, 2.75) is 6.54 Å². The van der Waals surface area contributed by atoms with Gasteiger partial charge in [0, 0.05) is 35.1 Å². The van der Waals surface area contributed by atoms with Crippen molar-refractivity contribution in [3.05, 3.63) is 90.9 Å². The maximum atomic E-state index is 12.8. The van der Waals surface area contributed by atoms with Crippen LogP contribution in [0, 0.1) is 0 Å². The summed E-state index contributed by atoms with van der Waals surface area (Å²) in [4.78, 5) is 40.1. The minimum Gasteiger partial charge on any atom is -0.348 e. The molecule has 2 heterocycles. The van der Waals surface area contributed by atoms with Crippen LogP contribution in [-0.2, 0) is 13.6 Å². The fourth-order valence-corrected chi connectivity index (χ4v) is 3.78. The summed E-state index contributed by atoms with van der Waals surface area (Å²) in [6.07, 6.45) is 0. The van der Waals surface area contributed by atoms with E-state index in [0.717, 1.165) is 10.9 Å². The Bertz CT molecular complexity index is 1350. The van der Waals surface area contributed by atoms with Gasteiger partial charge in [-0.25, -0.2) is 0 Å². The maximum absolute atomic E-state index is 12.8. The number of aromatic nitrogens is 2. The van der Waals surface area contributed by atoms with Crippen molar-refractivity contribution in [1.82, 2.24) is 14.9 Å². The van der Waals surface area contributed by atoms with Crippen LogP contribution >= 0.6 is 15.9 Å². The van der Waals surface area contributed by atoms with Gasteiger partial charge in [0.2, 0.25) is 5.56 Å². The van der Waals surface area contributed by atoms with E-state index in [1.807, 2.05) is 24.3 Å². The number of fused-ring (bicyclic) bond motifs is 2. The molecule has 140 valence electrons. The fraction of sp³-hybridized carbons (Fsp3) is 0.0952. The summed E-state index contributed by atoms with van der Waals surface area (Å²) in [5, 5.41) is 4.31. The van der Waals surface area contributed by atoms with Crippen LogP contribution in [0.4, 0.5) is 0 Å². The number of nitrogens with zero attached hydrogens (tertiary/aromatic N) is 1. The Labute approximate surface area is 167 Å². The van der Waals surface area contributed by atoms with E-state index < -0.39 is 5.91 Å². The number of aryl methyl sites for hydroxylation is 1. The third kappa shape index (κ3) is 3.14. The number of hydrogen-bond donors (Lipinski definition) is 2. The Morgan fingerprint density at radius 2 is 1.89 bits per heavy atom. The van der Waals surface area contributed by atoms with E-state index in [1.54, 1.807) is 35.9 Å². The quantitative estimate of drug-likeness (QED) is 0.516. The molecule has 0 atom stereocenters. The molecule has 0 aliphatic heterocycles. The average molecular weight is 438 g/mol. The molecule has 0 bridgehead atoms. The van der Waals surface area contributed by atoms with Crippen molar-refractivity contribution in [1.29, 1.82) is 0 Å². The molecule has 0 spiro atoms. The zero-order valence-corrected chi connectivity index (χ0v) is 16.5. The number of aromatic amines is 1. The Morgan fingerprint density at radius 3 is 2.71 bits per heavy atom. The molecule has 0 saturated carbocycles. The van der Waals surface area contributed by atoms with Gasteiger partial charge in [-0.2, -0.15) is 0 Å². The van der Waals surface area contributed by atoms with Crippen LogP contribution in [0.1, 0.15) is 15.9 Å². The molecular formula is C21H16BrN3O3. The van der Waals surface area contributed by atoms with Gasteiger partial charge >= 0.3 is 0 Å². The Hall–Kier alpha value is -3.19. The molecule has 2 aromatic heterocycles. The first-order valence-corrected chi connectivity index (χ1v) is 9.42. The smallest absolute Gasteiger partial charge is 0.255 e. The molecule has 0 fully saturated rings. The van der Waals surface area contributed by atoms with Gasteiger partial charge in [-0.3, -0.25) is 14.4 Å². The SMILES string of the molecule is Cn1c(=O)c(CNC(=O)c2cc(=O)[nH]c3c(Br)cccc23)cc2ccccc21. The Morgan fingerprint density at radius 1 is 1.11 bits per heavy atom. The topological polar surface area (TPSA) is 84.0 Å². The minimum absolute atomic E-state index is 0.0681. The van der Waals surface area contributed by atoms with E-state index in [9.17, 15) is 14.4 Å². The number of nitrogens with one attached hydrogen (secondary N) is 2. The van der Waals surface area contributed by atoms with E-state index in [1.165, 1.54) is 6.07 Å². The maximum Gasteiger partial charge on any atom is 0.255 e. The predicted octanol–water partition coefficient (Wildman–Crippen LogP) is 3.07. The molecule has 0 saturated heterocycles. The van der Waals surface area contributed by atoms with Gasteiger partial charge in [-0.05, 0) is 39.5 Å². The summed E-state index contributed by atoms with van der Waals surface area (Å²) in [5.74, 6) is -0.413. The number of rotatable bonds is 3. The van der Waals surface area contributed by atoms with Crippen molar-refractivity contribution in [3.8, 4) is 0 Å². The van der Waals surface area contributed by atoms with Gasteiger partial charge in [-0.1, -0.05) is 30.3 Å². The number of hydrogen-bond acceptors (Lipinski definition) is 3. The van der Waals surface area contributed by atoms with E-state index in [2.05, 4.69) is 26.2 Å². The first-order valence-electron chi connectivity index (χ1n) is 8.63. The van der Waals surface area contributed by atoms with Gasteiger partial charge in [-0.15, -0.1) is 0 Å². The highest BCUT2D eigenvalue weighted by Crippen LogP contribution is 2.23. The fourth-order valence-electron chi connectivity index (χ4n) is 3.32. The molecular weight excluding hydrogens is 422 g/mol. The van der Waals surface area contributed by atoms with Gasteiger partial charge in [0.1, 0.15) is 0 Å². The number of H-pyrrole nitrogens is 1. The molecule has 4 aromatic rings. The second-order valence-corrected chi connectivity index (χ2v) is 7.34. The molecule has 7 heteroatoms. The van der Waals surface area contributed by atoms with Crippen LogP contribution in [0.2, 0.25) is 0 Å². The third-order valence-electron chi connectivity index (χ3n) is 4.72. The standard InChI is InChI=1S/C21H16BrN3O3/c1-25-17-8-3-2-5-12(17)9-13(21(25)28)11-23-20(27)15-10-18(26)24-19-14(15)6-4-7-16(19)22/h2-10H,11H2,1H3,(H,23,27)(H,24,26). The highest BCUT2D eigenvalue weighted by molar-refractivity contribution is 9.10. The number of pyridine rings is 2. The number of carbonyl (C=O) groups excluding carboxylic acids is 1. The number of halogens is 1. The first-order chi connectivity index (χ1) is 13.5. The van der Waals surface area contributed by atoms with Crippen molar-refractivity contribution < 1.29 is 4.79 Å². The van der Waals surface area contributed by atoms with Gasteiger partial charge in [0.05, 0.1) is 16.6 Å². The van der Waals surface area contributed by atoms with Crippen LogP contribution < -0.4 is 16.4 Å². The van der Waals surface area contributed by atoms with Crippen LogP contribution in [0.25, 0.3) is 21.8 Å². The van der Waals surface area contributed by atoms with E-state index >= 15 is 0 Å². The van der Waals surface area contributed by atoms with Crippen molar-refractivity contribution in [2.24, 2.45) is 7.05 Å². The average Bonchev–Trinajstić information content (AvgIpc) is 2.69. The van der Waals surface area contributed by atoms with Gasteiger partial charge in [0.25, 0.3) is 11.5 Å². The summed E-state index contributed by atoms with van der Waals surface area (Å²) < 4.78 is 2.26. The number of benzene rings is 2. The molecule has 0 radical (unpaired) electrons. The van der Waals surface area contributed by atoms with Gasteiger partial charge in [0.15, 0.2) is 0 Å². The monoisotopic (exact) mass is 437 g/mol. The third-order valence-corrected chi connectivity index (χ3v) is 5.38. The highest BCUT2D eigenvalue weighted by Gasteiger charge is 2.14. The zero-order valence-electron chi connectivity index (χ0n) is 15.0. The molecule has 0 aliphatic rings. The van der Waals surface area contributed by atoms with Crippen LogP contribution in [0.15, 0.2) is 68.7 Å². The highest BCUT2D eigenvalue weighted by atomic mass is 79.9. The summed E-state index contributed by atoms with van der Waals surface area (Å²) in [6.45, 7) is 0.0681. The van der Waals surface area contributed by atoms with Crippen LogP contribution in [-0.4, -0.2) is 15.5 Å². The molecule has 6 nitrogen and oxygen atoms in total. The number of amides is 1. The second-order valence-electron chi connectivity index (χ2n) is 6.48. The first kappa shape index (κ1) is 18.2. The summed E-state index contributed by atoms with van der Waals surface area (Å²) in [5.41, 5.74) is 1.58. The number of carbonyl (C=O) groups is 1. The summed E-state index contributed by atoms with van der Waals surface area (Å²) in [6, 6.07) is 16.0. The Kier molecular flexibility index (Phi) is 4.60. The van der Waals surface area contributed by atoms with Crippen molar-refractivity contribution in [3.63, 3.8) is 0 Å². The van der Waals surface area contributed by atoms with Gasteiger partial charge < -0.3 is 14.9 Å². The lowest BCUT2D eigenvalue weighted by atomic mass is 10.1. The zero-order chi connectivity index (χ0) is 19.8. The summed E-state index contributed by atoms with van der Waals surface area (Å²) >= 11 is 3.38. The van der Waals surface area contributed by atoms with Crippen LogP contribution in [0.5, 0.6) is 0 Å². The lowest BCUT2D eigenvalue weighted by molar-refractivity contribution is 0.0952. The molecule has 0 unspecified atom stereocenters. The molecule has 4 rings (SSSR count).